The SMILES string of the molecule is N#CCc1ccc(NC(=O)/C=C/c2ccc(-c3ccc(F)cc3)o2)cc1. The molecule has 0 aliphatic carbocycles. The summed E-state index contributed by atoms with van der Waals surface area (Å²) in [5, 5.41) is 11.4. The van der Waals surface area contributed by atoms with Crippen molar-refractivity contribution >= 4 is 17.7 Å². The van der Waals surface area contributed by atoms with E-state index in [9.17, 15) is 9.18 Å². The van der Waals surface area contributed by atoms with Crippen LogP contribution in [0, 0.1) is 17.1 Å². The Balaban J connectivity index is 1.61. The molecule has 1 aromatic heterocycles. The number of carbonyl (C=O) groups excluding carboxylic acids is 1. The van der Waals surface area contributed by atoms with E-state index in [4.69, 9.17) is 9.68 Å². The second-order valence-electron chi connectivity index (χ2n) is 5.56. The van der Waals surface area contributed by atoms with Crippen molar-refractivity contribution in [2.45, 2.75) is 6.42 Å². The average Bonchev–Trinajstić information content (AvgIpc) is 3.11. The lowest BCUT2D eigenvalue weighted by molar-refractivity contribution is -0.111. The van der Waals surface area contributed by atoms with Crippen LogP contribution in [0.1, 0.15) is 11.3 Å². The van der Waals surface area contributed by atoms with E-state index in [-0.39, 0.29) is 11.7 Å². The van der Waals surface area contributed by atoms with Crippen LogP contribution >= 0.6 is 0 Å². The zero-order chi connectivity index (χ0) is 18.4. The number of rotatable bonds is 5. The monoisotopic (exact) mass is 346 g/mol. The van der Waals surface area contributed by atoms with Crippen molar-refractivity contribution in [3.05, 3.63) is 83.9 Å². The molecule has 0 aliphatic heterocycles. The molecule has 26 heavy (non-hydrogen) atoms. The highest BCUT2D eigenvalue weighted by molar-refractivity contribution is 6.01. The van der Waals surface area contributed by atoms with E-state index < -0.39 is 0 Å². The lowest BCUT2D eigenvalue weighted by Gasteiger charge is -2.02. The highest BCUT2D eigenvalue weighted by Crippen LogP contribution is 2.23. The first-order valence-corrected chi connectivity index (χ1v) is 7.95. The summed E-state index contributed by atoms with van der Waals surface area (Å²) in [4.78, 5) is 12.0. The zero-order valence-corrected chi connectivity index (χ0v) is 13.8. The van der Waals surface area contributed by atoms with E-state index in [0.717, 1.165) is 11.1 Å². The predicted molar refractivity (Wildman–Crippen MR) is 97.5 cm³/mol. The summed E-state index contributed by atoms with van der Waals surface area (Å²) < 4.78 is 18.6. The topological polar surface area (TPSA) is 66.0 Å². The van der Waals surface area contributed by atoms with E-state index in [0.29, 0.717) is 23.6 Å². The van der Waals surface area contributed by atoms with Gasteiger partial charge in [0.25, 0.3) is 0 Å². The number of hydrogen-bond donors (Lipinski definition) is 1. The van der Waals surface area contributed by atoms with Gasteiger partial charge in [-0.15, -0.1) is 0 Å². The van der Waals surface area contributed by atoms with Crippen molar-refractivity contribution in [3.8, 4) is 17.4 Å². The molecule has 5 heteroatoms. The fraction of sp³-hybridized carbons (Fsp3) is 0.0476. The normalized spacial score (nSPS) is 10.6. The van der Waals surface area contributed by atoms with Gasteiger partial charge in [0, 0.05) is 17.3 Å². The standard InChI is InChI=1S/C21H15FN2O2/c22-17-5-3-16(4-6-17)20-11-9-19(26-20)10-12-21(25)24-18-7-1-15(2-8-18)13-14-23/h1-12H,13H2,(H,24,25)/b12-10+. The van der Waals surface area contributed by atoms with Crippen LogP contribution in [0.25, 0.3) is 17.4 Å². The third-order valence-electron chi connectivity index (χ3n) is 3.66. The number of carbonyl (C=O) groups is 1. The number of amides is 1. The number of halogens is 1. The Labute approximate surface area is 150 Å². The van der Waals surface area contributed by atoms with Crippen LogP contribution in [0.4, 0.5) is 10.1 Å². The molecule has 0 saturated heterocycles. The fourth-order valence-corrected chi connectivity index (χ4v) is 2.35. The Morgan fingerprint density at radius 1 is 1.08 bits per heavy atom. The van der Waals surface area contributed by atoms with Gasteiger partial charge < -0.3 is 9.73 Å². The molecule has 1 amide bonds. The van der Waals surface area contributed by atoms with Crippen LogP contribution in [0.5, 0.6) is 0 Å². The van der Waals surface area contributed by atoms with Crippen molar-refractivity contribution in [3.63, 3.8) is 0 Å². The van der Waals surface area contributed by atoms with Crippen LogP contribution in [0.15, 0.2) is 71.2 Å². The van der Waals surface area contributed by atoms with E-state index in [1.54, 1.807) is 54.6 Å². The van der Waals surface area contributed by atoms with Gasteiger partial charge in [0.2, 0.25) is 5.91 Å². The smallest absolute Gasteiger partial charge is 0.248 e. The summed E-state index contributed by atoms with van der Waals surface area (Å²) in [6.07, 6.45) is 3.27. The molecule has 0 radical (unpaired) electrons. The van der Waals surface area contributed by atoms with Gasteiger partial charge in [0.15, 0.2) is 0 Å². The summed E-state index contributed by atoms with van der Waals surface area (Å²) in [5.74, 6) is 0.512. The molecule has 1 heterocycles. The fourth-order valence-electron chi connectivity index (χ4n) is 2.35. The van der Waals surface area contributed by atoms with E-state index in [1.165, 1.54) is 18.2 Å². The first-order chi connectivity index (χ1) is 12.6. The highest BCUT2D eigenvalue weighted by atomic mass is 19.1. The van der Waals surface area contributed by atoms with Crippen LogP contribution < -0.4 is 5.32 Å². The molecule has 0 saturated carbocycles. The molecule has 0 bridgehead atoms. The maximum atomic E-state index is 13.0. The van der Waals surface area contributed by atoms with Crippen LogP contribution in [0.2, 0.25) is 0 Å². The van der Waals surface area contributed by atoms with Gasteiger partial charge in [-0.25, -0.2) is 4.39 Å². The van der Waals surface area contributed by atoms with Crippen molar-refractivity contribution in [1.82, 2.24) is 0 Å². The number of anilines is 1. The number of hydrogen-bond acceptors (Lipinski definition) is 3. The first kappa shape index (κ1) is 17.2. The molecular weight excluding hydrogens is 331 g/mol. The molecule has 0 fully saturated rings. The minimum Gasteiger partial charge on any atom is -0.457 e. The van der Waals surface area contributed by atoms with Gasteiger partial charge in [-0.3, -0.25) is 4.79 Å². The predicted octanol–water partition coefficient (Wildman–Crippen LogP) is 4.80. The van der Waals surface area contributed by atoms with Crippen LogP contribution in [0.3, 0.4) is 0 Å². The summed E-state index contributed by atoms with van der Waals surface area (Å²) in [6.45, 7) is 0. The zero-order valence-electron chi connectivity index (χ0n) is 13.8. The van der Waals surface area contributed by atoms with Gasteiger partial charge in [-0.1, -0.05) is 12.1 Å². The van der Waals surface area contributed by atoms with Gasteiger partial charge >= 0.3 is 0 Å². The number of nitrogens with zero attached hydrogens (tertiary/aromatic N) is 1. The first-order valence-electron chi connectivity index (χ1n) is 7.95. The van der Waals surface area contributed by atoms with Gasteiger partial charge in [-0.05, 0) is 60.2 Å². The molecule has 0 unspecified atom stereocenters. The molecule has 3 aromatic rings. The number of nitriles is 1. The molecular formula is C21H15FN2O2. The molecule has 0 spiro atoms. The number of furan rings is 1. The average molecular weight is 346 g/mol. The maximum absolute atomic E-state index is 13.0. The summed E-state index contributed by atoms with van der Waals surface area (Å²) in [5.41, 5.74) is 2.30. The Morgan fingerprint density at radius 3 is 2.50 bits per heavy atom. The lowest BCUT2D eigenvalue weighted by Crippen LogP contribution is -2.07. The van der Waals surface area contributed by atoms with Crippen molar-refractivity contribution in [2.75, 3.05) is 5.32 Å². The molecule has 0 aliphatic rings. The highest BCUT2D eigenvalue weighted by Gasteiger charge is 2.04. The summed E-state index contributed by atoms with van der Waals surface area (Å²) in [6, 6.07) is 18.6. The number of nitrogens with one attached hydrogen (secondary N) is 1. The maximum Gasteiger partial charge on any atom is 0.248 e. The van der Waals surface area contributed by atoms with E-state index >= 15 is 0 Å². The van der Waals surface area contributed by atoms with Crippen molar-refractivity contribution in [2.24, 2.45) is 0 Å². The Kier molecular flexibility index (Phi) is 5.25. The summed E-state index contributed by atoms with van der Waals surface area (Å²) >= 11 is 0. The van der Waals surface area contributed by atoms with Crippen molar-refractivity contribution < 1.29 is 13.6 Å². The molecule has 4 nitrogen and oxygen atoms in total. The van der Waals surface area contributed by atoms with Crippen LogP contribution in [-0.2, 0) is 11.2 Å². The Bertz CT molecular complexity index is 964. The second kappa shape index (κ2) is 7.95. The summed E-state index contributed by atoms with van der Waals surface area (Å²) in [7, 11) is 0. The van der Waals surface area contributed by atoms with Gasteiger partial charge in [-0.2, -0.15) is 5.26 Å². The van der Waals surface area contributed by atoms with Crippen molar-refractivity contribution in [1.29, 1.82) is 5.26 Å². The van der Waals surface area contributed by atoms with Gasteiger partial charge in [0.1, 0.15) is 17.3 Å². The lowest BCUT2D eigenvalue weighted by atomic mass is 10.1. The second-order valence-corrected chi connectivity index (χ2v) is 5.56. The van der Waals surface area contributed by atoms with E-state index in [1.807, 2.05) is 0 Å². The van der Waals surface area contributed by atoms with E-state index in [2.05, 4.69) is 11.4 Å². The minimum atomic E-state index is -0.308. The quantitative estimate of drug-likeness (QED) is 0.675. The minimum absolute atomic E-state index is 0.294. The molecule has 0 atom stereocenters. The van der Waals surface area contributed by atoms with Gasteiger partial charge in [0.05, 0.1) is 12.5 Å². The largest absolute Gasteiger partial charge is 0.457 e. The third-order valence-corrected chi connectivity index (χ3v) is 3.66. The molecule has 128 valence electrons. The molecule has 2 aromatic carbocycles. The third kappa shape index (κ3) is 4.46. The molecule has 3 rings (SSSR count). The molecule has 1 N–H and O–H groups in total. The van der Waals surface area contributed by atoms with Crippen LogP contribution in [-0.4, -0.2) is 5.91 Å². The Hall–Kier alpha value is -3.65. The number of benzene rings is 2. The Morgan fingerprint density at radius 2 is 1.81 bits per heavy atom.